The maximum Gasteiger partial charge on any atom is 0.411 e. The van der Waals surface area contributed by atoms with E-state index in [-0.39, 0.29) is 0 Å². The molecule has 2 atom stereocenters. The average molecular weight is 291 g/mol. The molecular formula is C16H12F3NO. The Morgan fingerprint density at radius 1 is 0.905 bits per heavy atom. The Balaban J connectivity index is 1.92. The highest BCUT2D eigenvalue weighted by molar-refractivity contribution is 6.06. The highest BCUT2D eigenvalue weighted by Gasteiger charge is 2.66. The van der Waals surface area contributed by atoms with E-state index < -0.39 is 24.0 Å². The van der Waals surface area contributed by atoms with Crippen LogP contribution in [-0.2, 0) is 0 Å². The molecule has 0 radical (unpaired) electrons. The highest BCUT2D eigenvalue weighted by atomic mass is 19.4. The van der Waals surface area contributed by atoms with Crippen LogP contribution in [0.2, 0.25) is 0 Å². The molecule has 2 unspecified atom stereocenters. The van der Waals surface area contributed by atoms with Crippen LogP contribution in [-0.4, -0.2) is 24.0 Å². The molecule has 2 aromatic carbocycles. The number of halogens is 3. The summed E-state index contributed by atoms with van der Waals surface area (Å²) >= 11 is 0. The summed E-state index contributed by atoms with van der Waals surface area (Å²) in [5, 5.41) is 0. The Bertz CT molecular complexity index is 640. The largest absolute Gasteiger partial charge is 0.411 e. The second-order valence-corrected chi connectivity index (χ2v) is 4.90. The first-order chi connectivity index (χ1) is 10.00. The van der Waals surface area contributed by atoms with Gasteiger partial charge in [-0.25, -0.2) is 0 Å². The summed E-state index contributed by atoms with van der Waals surface area (Å²) in [5.74, 6) is -0.498. The van der Waals surface area contributed by atoms with Gasteiger partial charge in [0.1, 0.15) is 6.04 Å². The van der Waals surface area contributed by atoms with Gasteiger partial charge in [0.05, 0.1) is 0 Å². The molecule has 0 bridgehead atoms. The third-order valence-electron chi connectivity index (χ3n) is 3.53. The van der Waals surface area contributed by atoms with E-state index in [0.717, 1.165) is 4.90 Å². The molecule has 21 heavy (non-hydrogen) atoms. The zero-order valence-electron chi connectivity index (χ0n) is 10.9. The van der Waals surface area contributed by atoms with Crippen molar-refractivity contribution in [1.82, 2.24) is 0 Å². The molecule has 0 amide bonds. The smallest absolute Gasteiger partial charge is 0.345 e. The van der Waals surface area contributed by atoms with Crippen molar-refractivity contribution in [3.05, 3.63) is 66.2 Å². The number of anilines is 1. The average Bonchev–Trinajstić information content (AvgIpc) is 3.24. The van der Waals surface area contributed by atoms with Crippen molar-refractivity contribution in [2.45, 2.75) is 18.3 Å². The van der Waals surface area contributed by atoms with E-state index in [2.05, 4.69) is 0 Å². The summed E-state index contributed by atoms with van der Waals surface area (Å²) in [4.78, 5) is 13.4. The molecule has 1 heterocycles. The van der Waals surface area contributed by atoms with Gasteiger partial charge in [-0.1, -0.05) is 48.5 Å². The van der Waals surface area contributed by atoms with Gasteiger partial charge in [-0.05, 0) is 12.1 Å². The van der Waals surface area contributed by atoms with E-state index in [9.17, 15) is 18.0 Å². The predicted molar refractivity (Wildman–Crippen MR) is 73.3 cm³/mol. The maximum atomic E-state index is 13.1. The van der Waals surface area contributed by atoms with E-state index in [1.54, 1.807) is 48.5 Å². The molecule has 0 spiro atoms. The Morgan fingerprint density at radius 3 is 1.95 bits per heavy atom. The molecule has 3 rings (SSSR count). The fourth-order valence-corrected chi connectivity index (χ4v) is 2.53. The third-order valence-corrected chi connectivity index (χ3v) is 3.53. The molecule has 108 valence electrons. The Labute approximate surface area is 119 Å². The van der Waals surface area contributed by atoms with E-state index in [4.69, 9.17) is 0 Å². The quantitative estimate of drug-likeness (QED) is 0.635. The van der Waals surface area contributed by atoms with Crippen LogP contribution in [0.1, 0.15) is 10.4 Å². The summed E-state index contributed by atoms with van der Waals surface area (Å²) in [6.45, 7) is 0. The monoisotopic (exact) mass is 291 g/mol. The van der Waals surface area contributed by atoms with Gasteiger partial charge in [-0.2, -0.15) is 13.2 Å². The molecule has 1 fully saturated rings. The van der Waals surface area contributed by atoms with Crippen molar-refractivity contribution in [3.8, 4) is 0 Å². The highest BCUT2D eigenvalue weighted by Crippen LogP contribution is 2.45. The number of nitrogens with zero attached hydrogens (tertiary/aromatic N) is 1. The predicted octanol–water partition coefficient (Wildman–Crippen LogP) is 3.69. The van der Waals surface area contributed by atoms with Gasteiger partial charge in [0.25, 0.3) is 0 Å². The second kappa shape index (κ2) is 4.91. The number of Topliss-reactive ketones (excluding diaryl/α,β-unsaturated/α-hetero) is 1. The van der Waals surface area contributed by atoms with E-state index >= 15 is 0 Å². The first kappa shape index (κ1) is 13.7. The minimum atomic E-state index is -4.43. The topological polar surface area (TPSA) is 20.1 Å². The maximum absolute atomic E-state index is 13.1. The number of hydrogen-bond donors (Lipinski definition) is 0. The van der Waals surface area contributed by atoms with Gasteiger partial charge in [-0.3, -0.25) is 4.79 Å². The summed E-state index contributed by atoms with van der Waals surface area (Å²) in [7, 11) is 0. The lowest BCUT2D eigenvalue weighted by Gasteiger charge is -2.07. The van der Waals surface area contributed by atoms with E-state index in [0.29, 0.717) is 11.3 Å². The molecule has 0 aromatic heterocycles. The Hall–Kier alpha value is -2.30. The molecule has 0 N–H and O–H groups in total. The van der Waals surface area contributed by atoms with Gasteiger partial charge in [-0.15, -0.1) is 0 Å². The van der Waals surface area contributed by atoms with Crippen molar-refractivity contribution in [2.24, 2.45) is 0 Å². The molecule has 5 heteroatoms. The van der Waals surface area contributed by atoms with Crippen molar-refractivity contribution in [2.75, 3.05) is 4.90 Å². The Kier molecular flexibility index (Phi) is 3.20. The zero-order valence-corrected chi connectivity index (χ0v) is 10.9. The molecule has 2 nitrogen and oxygen atoms in total. The number of alkyl halides is 3. The number of para-hydroxylation sites is 1. The number of rotatable bonds is 3. The minimum absolute atomic E-state index is 0.301. The van der Waals surface area contributed by atoms with Crippen LogP contribution >= 0.6 is 0 Å². The number of benzene rings is 2. The number of carbonyl (C=O) groups excluding carboxylic acids is 1. The SMILES string of the molecule is O=C(c1ccccc1)C1C(C(F)(F)F)N1c1ccccc1. The Morgan fingerprint density at radius 2 is 1.43 bits per heavy atom. The summed E-state index contributed by atoms with van der Waals surface area (Å²) < 4.78 is 39.3. The summed E-state index contributed by atoms with van der Waals surface area (Å²) in [5.41, 5.74) is 0.712. The van der Waals surface area contributed by atoms with Crippen LogP contribution in [0.5, 0.6) is 0 Å². The normalized spacial score (nSPS) is 21.2. The summed E-state index contributed by atoms with van der Waals surface area (Å²) in [6.07, 6.45) is -4.43. The summed E-state index contributed by atoms with van der Waals surface area (Å²) in [6, 6.07) is 13.4. The van der Waals surface area contributed by atoms with Crippen molar-refractivity contribution in [3.63, 3.8) is 0 Å². The molecule has 1 aliphatic heterocycles. The van der Waals surface area contributed by atoms with Gasteiger partial charge in [0.2, 0.25) is 0 Å². The lowest BCUT2D eigenvalue weighted by atomic mass is 10.1. The molecule has 1 saturated heterocycles. The van der Waals surface area contributed by atoms with Crippen LogP contribution in [0, 0.1) is 0 Å². The van der Waals surface area contributed by atoms with E-state index in [1.165, 1.54) is 12.1 Å². The van der Waals surface area contributed by atoms with Crippen molar-refractivity contribution < 1.29 is 18.0 Å². The fraction of sp³-hybridized carbons (Fsp3) is 0.188. The molecular weight excluding hydrogens is 279 g/mol. The zero-order chi connectivity index (χ0) is 15.0. The second-order valence-electron chi connectivity index (χ2n) is 4.90. The number of hydrogen-bond acceptors (Lipinski definition) is 2. The van der Waals surface area contributed by atoms with Crippen LogP contribution in [0.4, 0.5) is 18.9 Å². The lowest BCUT2D eigenvalue weighted by molar-refractivity contribution is -0.127. The fourth-order valence-electron chi connectivity index (χ4n) is 2.53. The first-order valence-corrected chi connectivity index (χ1v) is 6.49. The number of carbonyl (C=O) groups is 1. The third kappa shape index (κ3) is 2.51. The van der Waals surface area contributed by atoms with Crippen molar-refractivity contribution in [1.29, 1.82) is 0 Å². The van der Waals surface area contributed by atoms with Crippen molar-refractivity contribution >= 4 is 11.5 Å². The van der Waals surface area contributed by atoms with Crippen LogP contribution in [0.15, 0.2) is 60.7 Å². The van der Waals surface area contributed by atoms with Gasteiger partial charge >= 0.3 is 6.18 Å². The van der Waals surface area contributed by atoms with Crippen LogP contribution < -0.4 is 4.90 Å². The van der Waals surface area contributed by atoms with Crippen LogP contribution in [0.3, 0.4) is 0 Å². The van der Waals surface area contributed by atoms with Gasteiger partial charge in [0.15, 0.2) is 11.8 Å². The van der Waals surface area contributed by atoms with Gasteiger partial charge < -0.3 is 4.90 Å². The molecule has 0 aliphatic carbocycles. The van der Waals surface area contributed by atoms with Crippen LogP contribution in [0.25, 0.3) is 0 Å². The number of ketones is 1. The molecule has 0 saturated carbocycles. The minimum Gasteiger partial charge on any atom is -0.345 e. The molecule has 1 aliphatic rings. The van der Waals surface area contributed by atoms with Gasteiger partial charge in [0, 0.05) is 11.3 Å². The lowest BCUT2D eigenvalue weighted by Crippen LogP contribution is -2.23. The standard InChI is InChI=1S/C16H12F3NO/c17-16(18,19)15-13(14(21)11-7-3-1-4-8-11)20(15)12-9-5-2-6-10-12/h1-10,13,15H. The van der Waals surface area contributed by atoms with E-state index in [1.807, 2.05) is 0 Å². The molecule has 2 aromatic rings. The first-order valence-electron chi connectivity index (χ1n) is 6.49.